The molecule has 164 valence electrons. The quantitative estimate of drug-likeness (QED) is 0.767. The van der Waals surface area contributed by atoms with E-state index in [0.29, 0.717) is 12.8 Å². The fraction of sp³-hybridized carbons (Fsp3) is 0.429. The van der Waals surface area contributed by atoms with Gasteiger partial charge < -0.3 is 20.6 Å². The molecular weight excluding hydrogens is 408 g/mol. The summed E-state index contributed by atoms with van der Waals surface area (Å²) in [5.74, 6) is -6.30. The maximum absolute atomic E-state index is 14.9. The van der Waals surface area contributed by atoms with E-state index in [1.165, 1.54) is 24.1 Å². The van der Waals surface area contributed by atoms with Crippen molar-refractivity contribution in [2.75, 3.05) is 29.1 Å². The minimum absolute atomic E-state index is 0.0369. The molecule has 31 heavy (non-hydrogen) atoms. The van der Waals surface area contributed by atoms with E-state index in [2.05, 4.69) is 9.97 Å². The highest BCUT2D eigenvalue weighted by atomic mass is 19.3. The Morgan fingerprint density at radius 1 is 1.19 bits per heavy atom. The van der Waals surface area contributed by atoms with Crippen molar-refractivity contribution in [3.8, 4) is 11.3 Å². The number of rotatable bonds is 3. The van der Waals surface area contributed by atoms with E-state index >= 15 is 0 Å². The molecule has 0 unspecified atom stereocenters. The Kier molecular flexibility index (Phi) is 5.24. The Morgan fingerprint density at radius 2 is 1.87 bits per heavy atom. The largest absolute Gasteiger partial charge is 0.478 e. The van der Waals surface area contributed by atoms with Crippen LogP contribution in [0.5, 0.6) is 0 Å². The number of halogens is 2. The molecule has 0 spiro atoms. The summed E-state index contributed by atoms with van der Waals surface area (Å²) < 4.78 is 29.8. The van der Waals surface area contributed by atoms with Crippen LogP contribution in [0.25, 0.3) is 11.3 Å². The number of carboxylic acid groups (broad SMARTS) is 1. The molecule has 0 atom stereocenters. The number of anilines is 3. The van der Waals surface area contributed by atoms with Gasteiger partial charge in [0.25, 0.3) is 5.91 Å². The van der Waals surface area contributed by atoms with Crippen LogP contribution in [0.4, 0.5) is 26.2 Å². The number of aromatic nitrogens is 2. The molecule has 3 N–H and O–H groups in total. The van der Waals surface area contributed by atoms with E-state index < -0.39 is 24.3 Å². The Bertz CT molecular complexity index is 1040. The van der Waals surface area contributed by atoms with Crippen LogP contribution in [0.1, 0.15) is 42.5 Å². The Morgan fingerprint density at radius 3 is 2.55 bits per heavy atom. The van der Waals surface area contributed by atoms with Gasteiger partial charge in [0.15, 0.2) is 5.82 Å². The van der Waals surface area contributed by atoms with Crippen molar-refractivity contribution in [3.63, 3.8) is 0 Å². The third-order valence-electron chi connectivity index (χ3n) is 5.90. The summed E-state index contributed by atoms with van der Waals surface area (Å²) in [5.41, 5.74) is 6.12. The van der Waals surface area contributed by atoms with Gasteiger partial charge in [0.05, 0.1) is 12.1 Å². The first kappa shape index (κ1) is 21.0. The average Bonchev–Trinajstić information content (AvgIpc) is 2.83. The predicted molar refractivity (Wildman–Crippen MR) is 111 cm³/mol. The number of nitrogen functional groups attached to an aromatic ring is 1. The maximum atomic E-state index is 14.9. The molecule has 1 aliphatic heterocycles. The van der Waals surface area contributed by atoms with Crippen LogP contribution in [0, 0.1) is 0 Å². The van der Waals surface area contributed by atoms with E-state index in [4.69, 9.17) is 5.73 Å². The smallest absolute Gasteiger partial charge is 0.342 e. The SMILES string of the molecule is CN1C(=O)C(F)(F)CN(C2CCCCC2)c2nc(N)nc(-c3ccccc3C(=O)O)c21. The highest BCUT2D eigenvalue weighted by Crippen LogP contribution is 2.44. The lowest BCUT2D eigenvalue weighted by Gasteiger charge is -2.36. The van der Waals surface area contributed by atoms with E-state index in [1.807, 2.05) is 0 Å². The van der Waals surface area contributed by atoms with E-state index in [9.17, 15) is 23.5 Å². The van der Waals surface area contributed by atoms with Crippen LogP contribution < -0.4 is 15.5 Å². The third-order valence-corrected chi connectivity index (χ3v) is 5.90. The second-order valence-corrected chi connectivity index (χ2v) is 7.94. The summed E-state index contributed by atoms with van der Waals surface area (Å²) in [7, 11) is 1.23. The lowest BCUT2D eigenvalue weighted by atomic mass is 9.93. The van der Waals surface area contributed by atoms with Crippen molar-refractivity contribution in [2.45, 2.75) is 44.1 Å². The van der Waals surface area contributed by atoms with Crippen LogP contribution in [-0.2, 0) is 4.79 Å². The molecule has 2 heterocycles. The number of amides is 1. The molecule has 1 saturated carbocycles. The van der Waals surface area contributed by atoms with Gasteiger partial charge in [-0.05, 0) is 18.9 Å². The molecule has 10 heteroatoms. The summed E-state index contributed by atoms with van der Waals surface area (Å²) in [6.07, 6.45) is 4.19. The van der Waals surface area contributed by atoms with Crippen molar-refractivity contribution in [2.24, 2.45) is 0 Å². The molecule has 0 saturated heterocycles. The van der Waals surface area contributed by atoms with Crippen LogP contribution in [0.3, 0.4) is 0 Å². The molecule has 1 aliphatic carbocycles. The van der Waals surface area contributed by atoms with Gasteiger partial charge in [0.2, 0.25) is 5.95 Å². The summed E-state index contributed by atoms with van der Waals surface area (Å²) in [6, 6.07) is 5.83. The van der Waals surface area contributed by atoms with Crippen LogP contribution in [0.15, 0.2) is 24.3 Å². The van der Waals surface area contributed by atoms with Gasteiger partial charge in [-0.2, -0.15) is 13.8 Å². The Labute approximate surface area is 177 Å². The Balaban J connectivity index is 1.99. The zero-order valence-electron chi connectivity index (χ0n) is 17.0. The summed E-state index contributed by atoms with van der Waals surface area (Å²) >= 11 is 0. The van der Waals surface area contributed by atoms with Crippen molar-refractivity contribution < 1.29 is 23.5 Å². The third kappa shape index (κ3) is 3.66. The molecule has 1 fully saturated rings. The molecule has 0 bridgehead atoms. The first-order valence-electron chi connectivity index (χ1n) is 10.1. The van der Waals surface area contributed by atoms with Gasteiger partial charge >= 0.3 is 11.9 Å². The molecule has 8 nitrogen and oxygen atoms in total. The van der Waals surface area contributed by atoms with Crippen molar-refractivity contribution >= 4 is 29.3 Å². The zero-order chi connectivity index (χ0) is 22.3. The highest BCUT2D eigenvalue weighted by molar-refractivity contribution is 6.07. The summed E-state index contributed by atoms with van der Waals surface area (Å²) in [6.45, 7) is -0.815. The summed E-state index contributed by atoms with van der Waals surface area (Å²) in [4.78, 5) is 35.2. The number of nitrogens with two attached hydrogens (primary N) is 1. The molecular formula is C21H23F2N5O3. The lowest BCUT2D eigenvalue weighted by Crippen LogP contribution is -2.49. The molecule has 4 rings (SSSR count). The van der Waals surface area contributed by atoms with E-state index in [0.717, 1.165) is 24.2 Å². The number of aromatic carboxylic acids is 1. The standard InChI is InChI=1S/C21H23F2N5O3/c1-27-16-15(13-9-5-6-10-14(13)18(29)30)25-20(24)26-17(16)28(11-21(22,23)19(27)31)12-7-3-2-4-8-12/h5-6,9-10,12H,2-4,7-8,11H2,1H3,(H,29,30)(H2,24,25,26). The first-order valence-corrected chi connectivity index (χ1v) is 10.1. The maximum Gasteiger partial charge on any atom is 0.342 e. The van der Waals surface area contributed by atoms with Crippen LogP contribution in [0.2, 0.25) is 0 Å². The molecule has 2 aromatic rings. The van der Waals surface area contributed by atoms with Crippen LogP contribution >= 0.6 is 0 Å². The average molecular weight is 431 g/mol. The van der Waals surface area contributed by atoms with Gasteiger partial charge in [-0.1, -0.05) is 37.5 Å². The molecule has 2 aliphatic rings. The van der Waals surface area contributed by atoms with Crippen molar-refractivity contribution in [1.29, 1.82) is 0 Å². The second kappa shape index (κ2) is 7.75. The van der Waals surface area contributed by atoms with Gasteiger partial charge in [0, 0.05) is 18.7 Å². The minimum atomic E-state index is -3.65. The Hall–Kier alpha value is -3.30. The minimum Gasteiger partial charge on any atom is -0.478 e. The van der Waals surface area contributed by atoms with Gasteiger partial charge in [-0.3, -0.25) is 4.79 Å². The van der Waals surface area contributed by atoms with Gasteiger partial charge in [-0.25, -0.2) is 9.78 Å². The number of carbonyl (C=O) groups excluding carboxylic acids is 1. The van der Waals surface area contributed by atoms with E-state index in [1.54, 1.807) is 12.1 Å². The molecule has 1 aromatic carbocycles. The highest BCUT2D eigenvalue weighted by Gasteiger charge is 2.49. The van der Waals surface area contributed by atoms with Gasteiger partial charge in [0.1, 0.15) is 11.4 Å². The van der Waals surface area contributed by atoms with Crippen molar-refractivity contribution in [3.05, 3.63) is 29.8 Å². The molecule has 1 amide bonds. The number of carboxylic acids is 1. The first-order chi connectivity index (χ1) is 14.7. The number of hydrogen-bond donors (Lipinski definition) is 2. The van der Waals surface area contributed by atoms with E-state index in [-0.39, 0.29) is 40.3 Å². The molecule has 1 aromatic heterocycles. The fourth-order valence-corrected chi connectivity index (χ4v) is 4.43. The summed E-state index contributed by atoms with van der Waals surface area (Å²) in [5, 5.41) is 9.63. The second-order valence-electron chi connectivity index (χ2n) is 7.94. The number of hydrogen-bond acceptors (Lipinski definition) is 6. The zero-order valence-corrected chi connectivity index (χ0v) is 17.0. The van der Waals surface area contributed by atoms with Crippen molar-refractivity contribution in [1.82, 2.24) is 9.97 Å². The fourth-order valence-electron chi connectivity index (χ4n) is 4.43. The number of nitrogens with zero attached hydrogens (tertiary/aromatic N) is 4. The monoisotopic (exact) mass is 431 g/mol. The van der Waals surface area contributed by atoms with Crippen LogP contribution in [-0.4, -0.2) is 52.5 Å². The number of carbonyl (C=O) groups is 2. The predicted octanol–water partition coefficient (Wildman–Crippen LogP) is 3.17. The normalized spacial score (nSPS) is 19.1. The number of benzene rings is 1. The number of fused-ring (bicyclic) bond motifs is 1. The molecule has 0 radical (unpaired) electrons. The van der Waals surface area contributed by atoms with Gasteiger partial charge in [-0.15, -0.1) is 0 Å². The number of alkyl halides is 2. The lowest BCUT2D eigenvalue weighted by molar-refractivity contribution is -0.140. The topological polar surface area (TPSA) is 113 Å².